The molecule has 1 atom stereocenters. The van der Waals surface area contributed by atoms with Crippen LogP contribution < -0.4 is 10.2 Å². The Kier molecular flexibility index (Phi) is 4.27. The summed E-state index contributed by atoms with van der Waals surface area (Å²) in [5.74, 6) is -3.59. The van der Waals surface area contributed by atoms with E-state index in [1.54, 1.807) is 13.0 Å². The Morgan fingerprint density at radius 2 is 2.08 bits per heavy atom. The van der Waals surface area contributed by atoms with Crippen molar-refractivity contribution in [3.05, 3.63) is 23.5 Å². The van der Waals surface area contributed by atoms with Gasteiger partial charge in [-0.1, -0.05) is 0 Å². The maximum atomic E-state index is 13.4. The van der Waals surface area contributed by atoms with E-state index in [2.05, 4.69) is 10.1 Å². The number of nitrogens with zero attached hydrogens (tertiary/aromatic N) is 4. The van der Waals surface area contributed by atoms with Crippen molar-refractivity contribution < 1.29 is 26.7 Å². The molecule has 6 nitrogen and oxygen atoms in total. The fourth-order valence-corrected chi connectivity index (χ4v) is 2.71. The first-order valence-corrected chi connectivity index (χ1v) is 7.84. The minimum atomic E-state index is -4.59. The van der Waals surface area contributed by atoms with Gasteiger partial charge in [0.25, 0.3) is 11.8 Å². The molecular formula is C15H16F5N5O. The minimum absolute atomic E-state index is 0.0158. The first kappa shape index (κ1) is 18.3. The van der Waals surface area contributed by atoms with E-state index in [9.17, 15) is 26.7 Å². The van der Waals surface area contributed by atoms with Gasteiger partial charge in [0.15, 0.2) is 5.65 Å². The highest BCUT2D eigenvalue weighted by atomic mass is 19.4. The molecule has 1 aliphatic heterocycles. The summed E-state index contributed by atoms with van der Waals surface area (Å²) in [4.78, 5) is 17.7. The van der Waals surface area contributed by atoms with Crippen molar-refractivity contribution in [3.63, 3.8) is 0 Å². The maximum absolute atomic E-state index is 13.4. The summed E-state index contributed by atoms with van der Waals surface area (Å²) in [6.45, 7) is 2.05. The van der Waals surface area contributed by atoms with Gasteiger partial charge in [-0.3, -0.25) is 4.79 Å². The molecule has 0 aliphatic carbocycles. The van der Waals surface area contributed by atoms with Crippen molar-refractivity contribution in [2.24, 2.45) is 0 Å². The Bertz CT molecular complexity index is 847. The zero-order valence-electron chi connectivity index (χ0n) is 13.9. The van der Waals surface area contributed by atoms with Gasteiger partial charge in [0.2, 0.25) is 0 Å². The zero-order valence-corrected chi connectivity index (χ0v) is 13.9. The van der Waals surface area contributed by atoms with Crippen molar-refractivity contribution in [1.82, 2.24) is 19.9 Å². The number of amides is 1. The molecule has 26 heavy (non-hydrogen) atoms. The Morgan fingerprint density at radius 1 is 1.38 bits per heavy atom. The summed E-state index contributed by atoms with van der Waals surface area (Å²) in [7, 11) is 0. The lowest BCUT2D eigenvalue weighted by molar-refractivity contribution is -0.149. The smallest absolute Gasteiger partial charge is 0.350 e. The van der Waals surface area contributed by atoms with Gasteiger partial charge in [-0.05, 0) is 13.8 Å². The molecule has 1 amide bonds. The average Bonchev–Trinajstić information content (AvgIpc) is 3.09. The average molecular weight is 377 g/mol. The van der Waals surface area contributed by atoms with Crippen molar-refractivity contribution in [2.75, 3.05) is 18.0 Å². The molecular weight excluding hydrogens is 361 g/mol. The molecule has 1 fully saturated rings. The van der Waals surface area contributed by atoms with Crippen LogP contribution in [0.1, 0.15) is 29.4 Å². The summed E-state index contributed by atoms with van der Waals surface area (Å²) in [5.41, 5.74) is 0.377. The highest BCUT2D eigenvalue weighted by molar-refractivity contribution is 6.00. The van der Waals surface area contributed by atoms with Crippen molar-refractivity contribution in [3.8, 4) is 0 Å². The number of carbonyl (C=O) groups is 1. The molecule has 1 saturated heterocycles. The van der Waals surface area contributed by atoms with E-state index in [1.807, 2.05) is 5.32 Å². The van der Waals surface area contributed by atoms with E-state index in [-0.39, 0.29) is 30.0 Å². The molecule has 142 valence electrons. The van der Waals surface area contributed by atoms with E-state index < -0.39 is 30.6 Å². The molecule has 3 rings (SSSR count). The maximum Gasteiger partial charge on any atom is 0.408 e. The third kappa shape index (κ3) is 3.42. The molecule has 0 bridgehead atoms. The summed E-state index contributed by atoms with van der Waals surface area (Å²) in [5, 5.41) is 5.80. The highest BCUT2D eigenvalue weighted by Gasteiger charge is 2.39. The lowest BCUT2D eigenvalue weighted by Gasteiger charge is -2.18. The molecule has 2 aromatic rings. The number of hydrogen-bond donors (Lipinski definition) is 1. The monoisotopic (exact) mass is 377 g/mol. The quantitative estimate of drug-likeness (QED) is 0.836. The summed E-state index contributed by atoms with van der Waals surface area (Å²) >= 11 is 0. The van der Waals surface area contributed by atoms with Crippen LogP contribution in [0.5, 0.6) is 0 Å². The number of carbonyl (C=O) groups excluding carboxylic acids is 1. The Morgan fingerprint density at radius 3 is 2.65 bits per heavy atom. The lowest BCUT2D eigenvalue weighted by Crippen LogP contribution is -2.43. The van der Waals surface area contributed by atoms with E-state index in [0.29, 0.717) is 5.69 Å². The lowest BCUT2D eigenvalue weighted by atomic mass is 10.2. The predicted molar refractivity (Wildman–Crippen MR) is 82.5 cm³/mol. The Balaban J connectivity index is 1.94. The van der Waals surface area contributed by atoms with Crippen molar-refractivity contribution >= 4 is 17.4 Å². The van der Waals surface area contributed by atoms with E-state index in [0.717, 1.165) is 13.1 Å². The number of nitrogens with one attached hydrogen (secondary N) is 1. The highest BCUT2D eigenvalue weighted by Crippen LogP contribution is 2.30. The van der Waals surface area contributed by atoms with Gasteiger partial charge >= 0.3 is 6.18 Å². The van der Waals surface area contributed by atoms with Gasteiger partial charge in [0.1, 0.15) is 17.4 Å². The number of anilines is 1. The van der Waals surface area contributed by atoms with E-state index >= 15 is 0 Å². The van der Waals surface area contributed by atoms with Gasteiger partial charge in [-0.15, -0.1) is 0 Å². The molecule has 3 heterocycles. The van der Waals surface area contributed by atoms with Crippen LogP contribution in [0.2, 0.25) is 0 Å². The van der Waals surface area contributed by atoms with Crippen molar-refractivity contribution in [2.45, 2.75) is 38.4 Å². The van der Waals surface area contributed by atoms with Crippen LogP contribution in [0.25, 0.3) is 5.65 Å². The van der Waals surface area contributed by atoms with Gasteiger partial charge in [-0.25, -0.2) is 18.3 Å². The normalized spacial score (nSPS) is 18.3. The van der Waals surface area contributed by atoms with Gasteiger partial charge in [0, 0.05) is 24.7 Å². The van der Waals surface area contributed by atoms with E-state index in [4.69, 9.17) is 0 Å². The fourth-order valence-electron chi connectivity index (χ4n) is 2.71. The number of aromatic nitrogens is 3. The third-order valence-corrected chi connectivity index (χ3v) is 4.21. The molecule has 1 N–H and O–H groups in total. The zero-order chi connectivity index (χ0) is 19.3. The van der Waals surface area contributed by atoms with Crippen LogP contribution in [0, 0.1) is 6.92 Å². The fraction of sp³-hybridized carbons (Fsp3) is 0.533. The summed E-state index contributed by atoms with van der Waals surface area (Å²) < 4.78 is 66.1. The number of alkyl halides is 5. The number of hydrogen-bond acceptors (Lipinski definition) is 4. The second kappa shape index (κ2) is 6.06. The number of rotatable bonds is 3. The van der Waals surface area contributed by atoms with Crippen LogP contribution in [0.3, 0.4) is 0 Å². The Labute approximate surface area is 145 Å². The number of halogens is 5. The first-order chi connectivity index (χ1) is 12.0. The van der Waals surface area contributed by atoms with Crippen LogP contribution in [0.15, 0.2) is 12.3 Å². The summed E-state index contributed by atoms with van der Waals surface area (Å²) in [6.07, 6.45) is -3.79. The largest absolute Gasteiger partial charge is 0.408 e. The third-order valence-electron chi connectivity index (χ3n) is 4.21. The molecule has 1 aliphatic rings. The minimum Gasteiger partial charge on any atom is -0.350 e. The predicted octanol–water partition coefficient (Wildman–Crippen LogP) is 2.56. The number of fused-ring (bicyclic) bond motifs is 1. The first-order valence-electron chi connectivity index (χ1n) is 7.84. The Hall–Kier alpha value is -2.46. The standard InChI is InChI=1S/C15H16F5N5O/c1-8-5-11(24-4-3-14(16,17)7-24)23-12-10(6-21-25(8)12)13(26)22-9(2)15(18,19)20/h5-6,9H,3-4,7H2,1-2H3,(H,22,26). The molecule has 0 radical (unpaired) electrons. The van der Waals surface area contributed by atoms with Gasteiger partial charge < -0.3 is 10.2 Å². The SMILES string of the molecule is Cc1cc(N2CCC(F)(F)C2)nc2c(C(=O)NC(C)C(F)(F)F)cnn12. The molecule has 2 aromatic heterocycles. The van der Waals surface area contributed by atoms with Crippen LogP contribution in [-0.2, 0) is 0 Å². The topological polar surface area (TPSA) is 62.5 Å². The number of aryl methyl sites for hydroxylation is 1. The van der Waals surface area contributed by atoms with Gasteiger partial charge in [0.05, 0.1) is 12.7 Å². The van der Waals surface area contributed by atoms with Crippen molar-refractivity contribution in [1.29, 1.82) is 0 Å². The van der Waals surface area contributed by atoms with Crippen LogP contribution >= 0.6 is 0 Å². The molecule has 0 saturated carbocycles. The second-order valence-corrected chi connectivity index (χ2v) is 6.31. The second-order valence-electron chi connectivity index (χ2n) is 6.31. The molecule has 0 aromatic carbocycles. The summed E-state index contributed by atoms with van der Waals surface area (Å²) in [6, 6.07) is -0.506. The van der Waals surface area contributed by atoms with E-state index in [1.165, 1.54) is 9.42 Å². The molecule has 1 unspecified atom stereocenters. The van der Waals surface area contributed by atoms with Crippen LogP contribution in [0.4, 0.5) is 27.8 Å². The van der Waals surface area contributed by atoms with Crippen LogP contribution in [-0.4, -0.2) is 51.7 Å². The van der Waals surface area contributed by atoms with Gasteiger partial charge in [-0.2, -0.15) is 18.3 Å². The molecule has 0 spiro atoms. The molecule has 11 heteroatoms.